The summed E-state index contributed by atoms with van der Waals surface area (Å²) in [5.74, 6) is -1.29. The Morgan fingerprint density at radius 2 is 2.25 bits per heavy atom. The molecule has 1 heterocycles. The van der Waals surface area contributed by atoms with Crippen LogP contribution in [0.4, 0.5) is 8.78 Å². The van der Waals surface area contributed by atoms with Gasteiger partial charge in [-0.15, -0.1) is 0 Å². The highest BCUT2D eigenvalue weighted by Crippen LogP contribution is 2.27. The van der Waals surface area contributed by atoms with Gasteiger partial charge >= 0.3 is 0 Å². The summed E-state index contributed by atoms with van der Waals surface area (Å²) in [6.45, 7) is 3.45. The molecular formula is C14H18BrF2NO2. The van der Waals surface area contributed by atoms with Crippen LogP contribution in [0.1, 0.15) is 18.9 Å². The lowest BCUT2D eigenvalue weighted by atomic mass is 9.89. The standard InChI is InChI=1S/C14H18BrF2NO2/c1-14(19,6-9-8-20-5-4-18-9)7-10-12(16)3-2-11(15)13(10)17/h2-3,9,18-19H,4-8H2,1H3. The third kappa shape index (κ3) is 3.97. The number of halogens is 3. The molecule has 1 fully saturated rings. The highest BCUT2D eigenvalue weighted by Gasteiger charge is 2.29. The number of morpholine rings is 1. The topological polar surface area (TPSA) is 41.5 Å². The van der Waals surface area contributed by atoms with Gasteiger partial charge in [0.25, 0.3) is 0 Å². The van der Waals surface area contributed by atoms with Crippen LogP contribution < -0.4 is 5.32 Å². The van der Waals surface area contributed by atoms with E-state index in [4.69, 9.17) is 4.74 Å². The maximum atomic E-state index is 13.9. The van der Waals surface area contributed by atoms with Crippen molar-refractivity contribution in [2.75, 3.05) is 19.8 Å². The average Bonchev–Trinajstić information content (AvgIpc) is 2.40. The Hall–Kier alpha value is -0.560. The van der Waals surface area contributed by atoms with Crippen LogP contribution in [0.2, 0.25) is 0 Å². The highest BCUT2D eigenvalue weighted by molar-refractivity contribution is 9.10. The zero-order valence-corrected chi connectivity index (χ0v) is 12.8. The molecule has 0 amide bonds. The van der Waals surface area contributed by atoms with Crippen LogP contribution in [-0.4, -0.2) is 36.5 Å². The molecular weight excluding hydrogens is 332 g/mol. The van der Waals surface area contributed by atoms with E-state index in [1.807, 2.05) is 0 Å². The first-order valence-corrected chi connectivity index (χ1v) is 7.34. The van der Waals surface area contributed by atoms with Crippen LogP contribution in [0, 0.1) is 11.6 Å². The van der Waals surface area contributed by atoms with E-state index in [2.05, 4.69) is 21.2 Å². The van der Waals surface area contributed by atoms with Crippen LogP contribution in [0.15, 0.2) is 16.6 Å². The van der Waals surface area contributed by atoms with E-state index in [9.17, 15) is 13.9 Å². The predicted molar refractivity (Wildman–Crippen MR) is 75.6 cm³/mol. The lowest BCUT2D eigenvalue weighted by molar-refractivity contribution is 0.00554. The highest BCUT2D eigenvalue weighted by atomic mass is 79.9. The van der Waals surface area contributed by atoms with Crippen molar-refractivity contribution in [3.8, 4) is 0 Å². The SMILES string of the molecule is CC(O)(Cc1c(F)ccc(Br)c1F)CC1COCCN1. The van der Waals surface area contributed by atoms with Gasteiger partial charge < -0.3 is 15.2 Å². The van der Waals surface area contributed by atoms with Gasteiger partial charge in [-0.05, 0) is 41.4 Å². The monoisotopic (exact) mass is 349 g/mol. The lowest BCUT2D eigenvalue weighted by Gasteiger charge is -2.31. The smallest absolute Gasteiger partial charge is 0.143 e. The minimum Gasteiger partial charge on any atom is -0.390 e. The summed E-state index contributed by atoms with van der Waals surface area (Å²) in [4.78, 5) is 0. The van der Waals surface area contributed by atoms with E-state index in [-0.39, 0.29) is 22.5 Å². The van der Waals surface area contributed by atoms with Gasteiger partial charge in [0.05, 0.1) is 23.3 Å². The number of nitrogens with one attached hydrogen (secondary N) is 1. The molecule has 0 radical (unpaired) electrons. The summed E-state index contributed by atoms with van der Waals surface area (Å²) in [6, 6.07) is 2.51. The zero-order valence-electron chi connectivity index (χ0n) is 11.3. The molecule has 0 bridgehead atoms. The Bertz CT molecular complexity index is 476. The molecule has 0 aliphatic carbocycles. The van der Waals surface area contributed by atoms with Crippen molar-refractivity contribution in [3.63, 3.8) is 0 Å². The minimum absolute atomic E-state index is 0.00275. The average molecular weight is 350 g/mol. The van der Waals surface area contributed by atoms with Crippen LogP contribution in [-0.2, 0) is 11.2 Å². The van der Waals surface area contributed by atoms with Crippen molar-refractivity contribution < 1.29 is 18.6 Å². The third-order valence-electron chi connectivity index (χ3n) is 3.38. The molecule has 6 heteroatoms. The van der Waals surface area contributed by atoms with E-state index in [0.29, 0.717) is 19.6 Å². The fourth-order valence-electron chi connectivity index (χ4n) is 2.47. The van der Waals surface area contributed by atoms with Gasteiger partial charge in [0.15, 0.2) is 0 Å². The first-order chi connectivity index (χ1) is 9.39. The Morgan fingerprint density at radius 1 is 1.50 bits per heavy atom. The zero-order chi connectivity index (χ0) is 14.8. The van der Waals surface area contributed by atoms with Gasteiger partial charge in [-0.25, -0.2) is 8.78 Å². The number of hydrogen-bond acceptors (Lipinski definition) is 3. The Labute approximate surface area is 125 Å². The number of benzene rings is 1. The van der Waals surface area contributed by atoms with Gasteiger partial charge in [-0.1, -0.05) is 0 Å². The van der Waals surface area contributed by atoms with Crippen LogP contribution >= 0.6 is 15.9 Å². The summed E-state index contributed by atoms with van der Waals surface area (Å²) < 4.78 is 33.2. The number of rotatable bonds is 4. The fraction of sp³-hybridized carbons (Fsp3) is 0.571. The number of hydrogen-bond donors (Lipinski definition) is 2. The summed E-state index contributed by atoms with van der Waals surface area (Å²) in [6.07, 6.45) is 0.292. The van der Waals surface area contributed by atoms with Crippen molar-refractivity contribution in [2.24, 2.45) is 0 Å². The molecule has 20 heavy (non-hydrogen) atoms. The summed E-state index contributed by atoms with van der Waals surface area (Å²) >= 11 is 3.03. The molecule has 1 saturated heterocycles. The van der Waals surface area contributed by atoms with Gasteiger partial charge in [0.1, 0.15) is 11.6 Å². The Morgan fingerprint density at radius 3 is 2.90 bits per heavy atom. The third-order valence-corrected chi connectivity index (χ3v) is 3.99. The molecule has 2 N–H and O–H groups in total. The first-order valence-electron chi connectivity index (χ1n) is 6.55. The lowest BCUT2D eigenvalue weighted by Crippen LogP contribution is -2.46. The minimum atomic E-state index is -1.21. The van der Waals surface area contributed by atoms with Gasteiger partial charge in [0, 0.05) is 24.6 Å². The van der Waals surface area contributed by atoms with Crippen LogP contribution in [0.3, 0.4) is 0 Å². The molecule has 1 aromatic carbocycles. The quantitative estimate of drug-likeness (QED) is 0.820. The number of aliphatic hydroxyl groups is 1. The molecule has 2 unspecified atom stereocenters. The van der Waals surface area contributed by atoms with Crippen molar-refractivity contribution >= 4 is 15.9 Å². The molecule has 1 aliphatic heterocycles. The summed E-state index contributed by atoms with van der Waals surface area (Å²) in [7, 11) is 0. The van der Waals surface area contributed by atoms with Gasteiger partial charge in [0.2, 0.25) is 0 Å². The molecule has 0 aromatic heterocycles. The molecule has 0 saturated carbocycles. The maximum Gasteiger partial charge on any atom is 0.143 e. The van der Waals surface area contributed by atoms with Crippen LogP contribution in [0.25, 0.3) is 0 Å². The van der Waals surface area contributed by atoms with Crippen molar-refractivity contribution in [2.45, 2.75) is 31.4 Å². The Balaban J connectivity index is 2.09. The second-order valence-electron chi connectivity index (χ2n) is 5.43. The maximum absolute atomic E-state index is 13.9. The van der Waals surface area contributed by atoms with Crippen LogP contribution in [0.5, 0.6) is 0 Å². The first kappa shape index (κ1) is 15.8. The van der Waals surface area contributed by atoms with Crippen molar-refractivity contribution in [1.82, 2.24) is 5.32 Å². The molecule has 1 aromatic rings. The normalized spacial score (nSPS) is 22.6. The van der Waals surface area contributed by atoms with E-state index < -0.39 is 17.2 Å². The van der Waals surface area contributed by atoms with Gasteiger partial charge in [-0.3, -0.25) is 0 Å². The Kier molecular flexibility index (Phi) is 5.12. The van der Waals surface area contributed by atoms with E-state index in [0.717, 1.165) is 6.54 Å². The largest absolute Gasteiger partial charge is 0.390 e. The molecule has 112 valence electrons. The molecule has 2 atom stereocenters. The van der Waals surface area contributed by atoms with Crippen molar-refractivity contribution in [3.05, 3.63) is 33.8 Å². The summed E-state index contributed by atoms with van der Waals surface area (Å²) in [5.41, 5.74) is -1.30. The van der Waals surface area contributed by atoms with Gasteiger partial charge in [-0.2, -0.15) is 0 Å². The molecule has 1 aliphatic rings. The molecule has 2 rings (SSSR count). The second kappa shape index (κ2) is 6.47. The van der Waals surface area contributed by atoms with E-state index in [1.54, 1.807) is 6.92 Å². The molecule has 0 spiro atoms. The van der Waals surface area contributed by atoms with E-state index >= 15 is 0 Å². The fourth-order valence-corrected chi connectivity index (χ4v) is 2.84. The number of ether oxygens (including phenoxy) is 1. The van der Waals surface area contributed by atoms with E-state index in [1.165, 1.54) is 12.1 Å². The second-order valence-corrected chi connectivity index (χ2v) is 6.28. The predicted octanol–water partition coefficient (Wildman–Crippen LogP) is 2.40. The summed E-state index contributed by atoms with van der Waals surface area (Å²) in [5, 5.41) is 13.6. The van der Waals surface area contributed by atoms with Crippen molar-refractivity contribution in [1.29, 1.82) is 0 Å². The molecule has 3 nitrogen and oxygen atoms in total.